The van der Waals surface area contributed by atoms with Crippen molar-refractivity contribution in [1.29, 1.82) is 0 Å². The number of halogens is 1. The number of thioether (sulfide) groups is 1. The van der Waals surface area contributed by atoms with Gasteiger partial charge in [-0.2, -0.15) is 9.97 Å². The van der Waals surface area contributed by atoms with Crippen LogP contribution in [0.1, 0.15) is 29.6 Å². The molecule has 0 aliphatic carbocycles. The summed E-state index contributed by atoms with van der Waals surface area (Å²) in [4.78, 5) is 25.5. The molecule has 2 saturated heterocycles. The molecule has 1 aromatic carbocycles. The summed E-state index contributed by atoms with van der Waals surface area (Å²) in [7, 11) is 1.75. The molecule has 168 valence electrons. The fourth-order valence-corrected chi connectivity index (χ4v) is 5.77. The molecule has 2 fully saturated rings. The molecule has 9 nitrogen and oxygen atoms in total. The van der Waals surface area contributed by atoms with Crippen LogP contribution in [0, 0.1) is 0 Å². The first kappa shape index (κ1) is 21.4. The number of nitrogens with one attached hydrogen (secondary N) is 1. The normalized spacial score (nSPS) is 26.2. The van der Waals surface area contributed by atoms with E-state index in [0.29, 0.717) is 22.5 Å². The molecule has 1 N–H and O–H groups in total. The highest BCUT2D eigenvalue weighted by molar-refractivity contribution is 8.00. The number of rotatable bonds is 5. The predicted molar refractivity (Wildman–Crippen MR) is 121 cm³/mol. The second kappa shape index (κ2) is 8.18. The molecule has 2 aromatic heterocycles. The van der Waals surface area contributed by atoms with E-state index in [0.717, 1.165) is 0 Å². The number of anilines is 1. The van der Waals surface area contributed by atoms with E-state index in [1.807, 2.05) is 24.5 Å². The van der Waals surface area contributed by atoms with Crippen LogP contribution in [0.2, 0.25) is 5.28 Å². The maximum Gasteiger partial charge on any atom is 0.338 e. The Morgan fingerprint density at radius 3 is 2.75 bits per heavy atom. The maximum atomic E-state index is 12.5. The minimum atomic E-state index is -0.755. The molecule has 5 rings (SSSR count). The number of benzene rings is 1. The highest BCUT2D eigenvalue weighted by atomic mass is 35.5. The Morgan fingerprint density at radius 2 is 2.00 bits per heavy atom. The smallest absolute Gasteiger partial charge is 0.338 e. The maximum absolute atomic E-state index is 12.5. The molecule has 2 aliphatic heterocycles. The van der Waals surface area contributed by atoms with E-state index in [9.17, 15) is 4.79 Å². The van der Waals surface area contributed by atoms with Crippen molar-refractivity contribution in [2.45, 2.75) is 42.5 Å². The minimum absolute atomic E-state index is 0.125. The van der Waals surface area contributed by atoms with Gasteiger partial charge in [0.2, 0.25) is 5.28 Å². The first-order valence-corrected chi connectivity index (χ1v) is 11.5. The molecule has 0 bridgehead atoms. The fourth-order valence-electron chi connectivity index (χ4n) is 4.08. The molecule has 0 amide bonds. The Balaban J connectivity index is 1.42. The van der Waals surface area contributed by atoms with E-state index in [1.54, 1.807) is 49.4 Å². The lowest BCUT2D eigenvalue weighted by Gasteiger charge is -2.24. The molecule has 0 saturated carbocycles. The fraction of sp³-hybridized carbons (Fsp3) is 0.429. The van der Waals surface area contributed by atoms with Gasteiger partial charge in [0.05, 0.1) is 17.1 Å². The van der Waals surface area contributed by atoms with Crippen molar-refractivity contribution >= 4 is 46.3 Å². The number of carbonyl (C=O) groups excluding carboxylic acids is 1. The summed E-state index contributed by atoms with van der Waals surface area (Å²) in [6.07, 6.45) is 1.17. The molecule has 0 radical (unpaired) electrons. The van der Waals surface area contributed by atoms with E-state index in [-0.39, 0.29) is 40.7 Å². The number of hydrogen-bond donors (Lipinski definition) is 1. The van der Waals surface area contributed by atoms with E-state index in [4.69, 9.17) is 25.8 Å². The molecule has 32 heavy (non-hydrogen) atoms. The third kappa shape index (κ3) is 3.81. The summed E-state index contributed by atoms with van der Waals surface area (Å²) in [6, 6.07) is 8.93. The second-order valence-corrected chi connectivity index (χ2v) is 9.71. The van der Waals surface area contributed by atoms with Gasteiger partial charge in [0.1, 0.15) is 24.2 Å². The van der Waals surface area contributed by atoms with Gasteiger partial charge >= 0.3 is 5.97 Å². The molecular formula is C21H22ClN5O4S. The molecule has 3 aromatic rings. The van der Waals surface area contributed by atoms with Gasteiger partial charge in [-0.25, -0.2) is 9.78 Å². The summed E-state index contributed by atoms with van der Waals surface area (Å²) in [5.74, 6) is -0.568. The summed E-state index contributed by atoms with van der Waals surface area (Å²) < 4.78 is 20.0. The lowest BCUT2D eigenvalue weighted by atomic mass is 10.1. The SMILES string of the molecule is CNc1nc(Cl)nc2c1ncn2C1SC(COC(=O)c2ccccc2)C2OC(C)(C)OC21. The Morgan fingerprint density at radius 1 is 1.25 bits per heavy atom. The van der Waals surface area contributed by atoms with E-state index < -0.39 is 5.79 Å². The lowest BCUT2D eigenvalue weighted by molar-refractivity contribution is -0.149. The van der Waals surface area contributed by atoms with Crippen LogP contribution in [0.5, 0.6) is 0 Å². The molecule has 4 atom stereocenters. The second-order valence-electron chi connectivity index (χ2n) is 8.01. The average Bonchev–Trinajstić information content (AvgIpc) is 3.42. The third-order valence-corrected chi connectivity index (χ3v) is 7.12. The first-order valence-electron chi connectivity index (χ1n) is 10.2. The van der Waals surface area contributed by atoms with Crippen molar-refractivity contribution in [2.24, 2.45) is 0 Å². The number of aromatic nitrogens is 4. The van der Waals surface area contributed by atoms with Crippen LogP contribution in [-0.4, -0.2) is 62.4 Å². The summed E-state index contributed by atoms with van der Waals surface area (Å²) in [6.45, 7) is 3.95. The number of fused-ring (bicyclic) bond motifs is 2. The van der Waals surface area contributed by atoms with Crippen molar-refractivity contribution in [1.82, 2.24) is 19.5 Å². The highest BCUT2D eigenvalue weighted by Crippen LogP contribution is 2.51. The first-order chi connectivity index (χ1) is 15.4. The number of imidazole rings is 1. The topological polar surface area (TPSA) is 100 Å². The standard InChI is InChI=1S/C21H22ClN5O4S/c1-21(2)30-14-12(9-29-19(28)11-7-5-4-6-8-11)32-18(15(14)31-21)27-10-24-13-16(23-3)25-20(22)26-17(13)27/h4-8,10,12,14-15,18H,9H2,1-3H3,(H,23,25,26). The number of nitrogens with zero attached hydrogens (tertiary/aromatic N) is 4. The Hall–Kier alpha value is -2.40. The van der Waals surface area contributed by atoms with Crippen molar-refractivity contribution in [3.8, 4) is 0 Å². The molecular weight excluding hydrogens is 454 g/mol. The van der Waals surface area contributed by atoms with Crippen LogP contribution in [0.25, 0.3) is 11.2 Å². The average molecular weight is 476 g/mol. The van der Waals surface area contributed by atoms with Crippen LogP contribution in [-0.2, 0) is 14.2 Å². The lowest BCUT2D eigenvalue weighted by Crippen LogP contribution is -2.32. The zero-order chi connectivity index (χ0) is 22.5. The van der Waals surface area contributed by atoms with Crippen molar-refractivity contribution in [3.05, 3.63) is 47.5 Å². The number of esters is 1. The molecule has 0 spiro atoms. The van der Waals surface area contributed by atoms with E-state index >= 15 is 0 Å². The highest BCUT2D eigenvalue weighted by Gasteiger charge is 2.56. The number of hydrogen-bond acceptors (Lipinski definition) is 9. The van der Waals surface area contributed by atoms with Crippen LogP contribution in [0.3, 0.4) is 0 Å². The largest absolute Gasteiger partial charge is 0.461 e. The molecule has 11 heteroatoms. The van der Waals surface area contributed by atoms with Gasteiger partial charge < -0.3 is 19.5 Å². The minimum Gasteiger partial charge on any atom is -0.461 e. The molecule has 4 unspecified atom stereocenters. The zero-order valence-corrected chi connectivity index (χ0v) is 19.3. The van der Waals surface area contributed by atoms with Gasteiger partial charge in [-0.05, 0) is 37.6 Å². The summed E-state index contributed by atoms with van der Waals surface area (Å²) in [5.41, 5.74) is 1.73. The van der Waals surface area contributed by atoms with Crippen molar-refractivity contribution in [3.63, 3.8) is 0 Å². The summed E-state index contributed by atoms with van der Waals surface area (Å²) >= 11 is 7.75. The Kier molecular flexibility index (Phi) is 5.48. The van der Waals surface area contributed by atoms with Gasteiger partial charge in [-0.3, -0.25) is 4.57 Å². The van der Waals surface area contributed by atoms with Gasteiger partial charge in [0, 0.05) is 7.05 Å². The molecule has 2 aliphatic rings. The van der Waals surface area contributed by atoms with Crippen LogP contribution >= 0.6 is 23.4 Å². The summed E-state index contributed by atoms with van der Waals surface area (Å²) in [5, 5.41) is 2.81. The predicted octanol–water partition coefficient (Wildman–Crippen LogP) is 3.51. The quantitative estimate of drug-likeness (QED) is 0.438. The zero-order valence-electron chi connectivity index (χ0n) is 17.7. The van der Waals surface area contributed by atoms with Crippen molar-refractivity contribution < 1.29 is 19.0 Å². The van der Waals surface area contributed by atoms with E-state index in [1.165, 1.54) is 0 Å². The monoisotopic (exact) mass is 475 g/mol. The van der Waals surface area contributed by atoms with E-state index in [2.05, 4.69) is 20.3 Å². The van der Waals surface area contributed by atoms with Gasteiger partial charge in [-0.15, -0.1) is 11.8 Å². The Bertz CT molecular complexity index is 1160. The molecule has 4 heterocycles. The number of carbonyl (C=O) groups is 1. The van der Waals surface area contributed by atoms with Gasteiger partial charge in [0.15, 0.2) is 22.8 Å². The van der Waals surface area contributed by atoms with Crippen LogP contribution in [0.15, 0.2) is 36.7 Å². The van der Waals surface area contributed by atoms with Gasteiger partial charge in [-0.1, -0.05) is 18.2 Å². The van der Waals surface area contributed by atoms with Crippen LogP contribution in [0.4, 0.5) is 5.82 Å². The Labute approximate surface area is 193 Å². The van der Waals surface area contributed by atoms with Crippen LogP contribution < -0.4 is 5.32 Å². The van der Waals surface area contributed by atoms with Crippen molar-refractivity contribution in [2.75, 3.05) is 19.0 Å². The third-order valence-electron chi connectivity index (χ3n) is 5.42. The van der Waals surface area contributed by atoms with Gasteiger partial charge in [0.25, 0.3) is 0 Å². The number of ether oxygens (including phenoxy) is 3.